The number of amides is 1. The van der Waals surface area contributed by atoms with E-state index in [4.69, 9.17) is 0 Å². The average molecular weight is 334 g/mol. The molecule has 0 radical (unpaired) electrons. The van der Waals surface area contributed by atoms with Crippen LogP contribution in [0.1, 0.15) is 19.4 Å². The van der Waals surface area contributed by atoms with Gasteiger partial charge in [-0.05, 0) is 38.1 Å². The van der Waals surface area contributed by atoms with Crippen molar-refractivity contribution >= 4 is 22.9 Å². The van der Waals surface area contributed by atoms with E-state index in [0.717, 1.165) is 5.56 Å². The molecule has 0 unspecified atom stereocenters. The van der Waals surface area contributed by atoms with Crippen molar-refractivity contribution in [2.45, 2.75) is 19.9 Å². The van der Waals surface area contributed by atoms with Crippen molar-refractivity contribution in [2.75, 3.05) is 0 Å². The van der Waals surface area contributed by atoms with E-state index in [-0.39, 0.29) is 17.5 Å². The van der Waals surface area contributed by atoms with Crippen molar-refractivity contribution < 1.29 is 4.79 Å². The Balaban J connectivity index is 2.08. The summed E-state index contributed by atoms with van der Waals surface area (Å²) >= 11 is 0. The zero-order valence-electron chi connectivity index (χ0n) is 14.0. The van der Waals surface area contributed by atoms with Crippen LogP contribution < -0.4 is 10.9 Å². The molecule has 0 aliphatic carbocycles. The molecule has 2 N–H and O–H groups in total. The summed E-state index contributed by atoms with van der Waals surface area (Å²) in [6, 6.07) is 8.96. The first kappa shape index (κ1) is 16.6. The number of aromatic nitrogens is 3. The zero-order chi connectivity index (χ0) is 17.8. The number of para-hydroxylation sites is 1. The molecular weight excluding hydrogens is 316 g/mol. The second kappa shape index (κ2) is 7.09. The highest BCUT2D eigenvalue weighted by Gasteiger charge is 2.09. The fraction of sp³-hybridized carbons (Fsp3) is 0.158. The van der Waals surface area contributed by atoms with E-state index in [0.29, 0.717) is 22.3 Å². The number of pyridine rings is 1. The van der Waals surface area contributed by atoms with Crippen LogP contribution >= 0.6 is 0 Å². The van der Waals surface area contributed by atoms with Crippen molar-refractivity contribution in [2.24, 2.45) is 0 Å². The maximum atomic E-state index is 12.4. The monoisotopic (exact) mass is 334 g/mol. The minimum absolute atomic E-state index is 0.0582. The number of hydrogen-bond acceptors (Lipinski definition) is 4. The van der Waals surface area contributed by atoms with Crippen LogP contribution in [-0.4, -0.2) is 26.9 Å². The normalized spacial score (nSPS) is 11.3. The molecule has 1 amide bonds. The number of carbonyl (C=O) groups is 1. The second-order valence-electron chi connectivity index (χ2n) is 5.90. The summed E-state index contributed by atoms with van der Waals surface area (Å²) in [5.41, 5.74) is 1.73. The predicted molar refractivity (Wildman–Crippen MR) is 97.9 cm³/mol. The average Bonchev–Trinajstić information content (AvgIpc) is 2.60. The first-order valence-corrected chi connectivity index (χ1v) is 7.96. The van der Waals surface area contributed by atoms with Gasteiger partial charge in [-0.2, -0.15) is 0 Å². The molecule has 0 aliphatic rings. The van der Waals surface area contributed by atoms with Gasteiger partial charge in [0.05, 0.1) is 10.9 Å². The molecule has 0 spiro atoms. The molecule has 1 aromatic carbocycles. The minimum atomic E-state index is -0.231. The molecule has 0 atom stereocenters. The van der Waals surface area contributed by atoms with E-state index >= 15 is 0 Å². The largest absolute Gasteiger partial charge is 0.350 e. The highest BCUT2D eigenvalue weighted by Crippen LogP contribution is 2.19. The Morgan fingerprint density at radius 1 is 1.24 bits per heavy atom. The van der Waals surface area contributed by atoms with Gasteiger partial charge in [0, 0.05) is 35.6 Å². The summed E-state index contributed by atoms with van der Waals surface area (Å²) in [4.78, 5) is 35.6. The fourth-order valence-corrected chi connectivity index (χ4v) is 2.46. The summed E-state index contributed by atoms with van der Waals surface area (Å²) in [6.07, 6.45) is 6.41. The van der Waals surface area contributed by atoms with Gasteiger partial charge in [-0.15, -0.1) is 0 Å². The fourth-order valence-electron chi connectivity index (χ4n) is 2.46. The van der Waals surface area contributed by atoms with Gasteiger partial charge in [0.15, 0.2) is 0 Å². The van der Waals surface area contributed by atoms with Crippen LogP contribution in [0.3, 0.4) is 0 Å². The lowest BCUT2D eigenvalue weighted by molar-refractivity contribution is -0.116. The number of rotatable bonds is 4. The molecule has 0 fully saturated rings. The van der Waals surface area contributed by atoms with Crippen LogP contribution in [0.2, 0.25) is 0 Å². The maximum absolute atomic E-state index is 12.4. The molecule has 0 saturated heterocycles. The molecule has 6 heteroatoms. The number of aromatic amines is 1. The molecule has 3 aromatic rings. The Bertz CT molecular complexity index is 991. The Morgan fingerprint density at radius 3 is 2.80 bits per heavy atom. The van der Waals surface area contributed by atoms with E-state index in [1.54, 1.807) is 36.7 Å². The lowest BCUT2D eigenvalue weighted by Crippen LogP contribution is -2.28. The van der Waals surface area contributed by atoms with Crippen molar-refractivity contribution in [3.63, 3.8) is 0 Å². The summed E-state index contributed by atoms with van der Waals surface area (Å²) in [6.45, 7) is 3.79. The number of hydrogen-bond donors (Lipinski definition) is 2. The van der Waals surface area contributed by atoms with Crippen LogP contribution in [0, 0.1) is 0 Å². The Morgan fingerprint density at radius 2 is 2.08 bits per heavy atom. The second-order valence-corrected chi connectivity index (χ2v) is 5.90. The number of H-pyrrole nitrogens is 1. The van der Waals surface area contributed by atoms with E-state index in [1.165, 1.54) is 6.08 Å². The maximum Gasteiger partial charge on any atom is 0.259 e. The number of fused-ring (bicyclic) bond motifs is 1. The third-order valence-electron chi connectivity index (χ3n) is 3.55. The highest BCUT2D eigenvalue weighted by atomic mass is 16.1. The van der Waals surface area contributed by atoms with Crippen LogP contribution in [0.25, 0.3) is 28.4 Å². The molecule has 126 valence electrons. The molecule has 2 aromatic heterocycles. The zero-order valence-corrected chi connectivity index (χ0v) is 14.0. The van der Waals surface area contributed by atoms with Crippen molar-refractivity contribution in [3.8, 4) is 11.4 Å². The number of carbonyl (C=O) groups excluding carboxylic acids is 1. The van der Waals surface area contributed by atoms with E-state index in [1.807, 2.05) is 26.0 Å². The summed E-state index contributed by atoms with van der Waals surface area (Å²) in [5.74, 6) is 0.252. The quantitative estimate of drug-likeness (QED) is 0.718. The van der Waals surface area contributed by atoms with E-state index in [9.17, 15) is 9.59 Å². The topological polar surface area (TPSA) is 87.7 Å². The number of nitrogens with zero attached hydrogens (tertiary/aromatic N) is 2. The lowest BCUT2D eigenvalue weighted by Gasteiger charge is -2.06. The minimum Gasteiger partial charge on any atom is -0.350 e. The third-order valence-corrected chi connectivity index (χ3v) is 3.55. The number of benzene rings is 1. The molecule has 2 heterocycles. The Labute approximate surface area is 144 Å². The standard InChI is InChI=1S/C19H18N4O2/c1-12(2)21-16(24)9-8-13-5-3-7-15-17(13)22-18(23-19(15)25)14-6-4-10-20-11-14/h3-12H,1-2H3,(H,21,24)(H,22,23,25)/b9-8+. The van der Waals surface area contributed by atoms with Gasteiger partial charge in [0.1, 0.15) is 5.82 Å². The molecular formula is C19H18N4O2. The van der Waals surface area contributed by atoms with Crippen molar-refractivity contribution in [1.29, 1.82) is 0 Å². The van der Waals surface area contributed by atoms with Crippen molar-refractivity contribution in [1.82, 2.24) is 20.3 Å². The Kier molecular flexibility index (Phi) is 4.70. The first-order chi connectivity index (χ1) is 12.0. The van der Waals surface area contributed by atoms with Crippen LogP contribution in [-0.2, 0) is 4.79 Å². The van der Waals surface area contributed by atoms with Gasteiger partial charge in [-0.3, -0.25) is 14.6 Å². The van der Waals surface area contributed by atoms with E-state index < -0.39 is 0 Å². The SMILES string of the molecule is CC(C)NC(=O)/C=C/c1cccc2c(=O)[nH]c(-c3cccnc3)nc12. The molecule has 0 aliphatic heterocycles. The van der Waals surface area contributed by atoms with Crippen molar-refractivity contribution in [3.05, 3.63) is 64.7 Å². The van der Waals surface area contributed by atoms with Gasteiger partial charge in [0.2, 0.25) is 5.91 Å². The van der Waals surface area contributed by atoms with Crippen LogP contribution in [0.4, 0.5) is 0 Å². The van der Waals surface area contributed by atoms with Crippen LogP contribution in [0.15, 0.2) is 53.6 Å². The highest BCUT2D eigenvalue weighted by molar-refractivity contribution is 5.95. The molecule has 3 rings (SSSR count). The Hall–Kier alpha value is -3.28. The smallest absolute Gasteiger partial charge is 0.259 e. The van der Waals surface area contributed by atoms with Crippen LogP contribution in [0.5, 0.6) is 0 Å². The van der Waals surface area contributed by atoms with Gasteiger partial charge >= 0.3 is 0 Å². The van der Waals surface area contributed by atoms with Gasteiger partial charge in [0.25, 0.3) is 5.56 Å². The summed E-state index contributed by atoms with van der Waals surface area (Å²) < 4.78 is 0. The predicted octanol–water partition coefficient (Wildman–Crippen LogP) is 2.52. The molecule has 0 saturated carbocycles. The van der Waals surface area contributed by atoms with Gasteiger partial charge < -0.3 is 10.3 Å². The molecule has 6 nitrogen and oxygen atoms in total. The molecule has 25 heavy (non-hydrogen) atoms. The lowest BCUT2D eigenvalue weighted by atomic mass is 10.1. The van der Waals surface area contributed by atoms with Gasteiger partial charge in [-0.25, -0.2) is 4.98 Å². The van der Waals surface area contributed by atoms with Gasteiger partial charge in [-0.1, -0.05) is 12.1 Å². The first-order valence-electron chi connectivity index (χ1n) is 7.96. The summed E-state index contributed by atoms with van der Waals surface area (Å²) in [7, 11) is 0. The van der Waals surface area contributed by atoms with E-state index in [2.05, 4.69) is 20.3 Å². The number of nitrogens with one attached hydrogen (secondary N) is 2. The third kappa shape index (κ3) is 3.80. The molecule has 0 bridgehead atoms. The summed E-state index contributed by atoms with van der Waals surface area (Å²) in [5, 5.41) is 3.26.